The van der Waals surface area contributed by atoms with Gasteiger partial charge in [0.25, 0.3) is 0 Å². The molecule has 1 fully saturated rings. The first-order valence-electron chi connectivity index (χ1n) is 9.06. The molecule has 12 nitrogen and oxygen atoms in total. The predicted molar refractivity (Wildman–Crippen MR) is 112 cm³/mol. The number of hydrogen-bond donors (Lipinski definition) is 0. The molecule has 0 N–H and O–H groups in total. The van der Waals surface area contributed by atoms with Crippen LogP contribution >= 0.6 is 27.7 Å². The maximum Gasteiger partial charge on any atom is 0.303 e. The number of halogens is 1. The van der Waals surface area contributed by atoms with E-state index in [1.165, 1.54) is 13.1 Å². The van der Waals surface area contributed by atoms with Gasteiger partial charge in [-0.3, -0.25) is 14.4 Å². The molecular formula is C18H18BrN5O7S. The molecule has 0 radical (unpaired) electrons. The van der Waals surface area contributed by atoms with Crippen molar-refractivity contribution in [3.8, 4) is 6.07 Å². The Balaban J connectivity index is 2.51. The first-order valence-corrected chi connectivity index (χ1v) is 10.7. The Morgan fingerprint density at radius 2 is 1.94 bits per heavy atom. The molecule has 1 saturated heterocycles. The van der Waals surface area contributed by atoms with Gasteiger partial charge in [-0.25, -0.2) is 4.98 Å². The largest absolute Gasteiger partial charge is 0.463 e. The molecule has 0 bridgehead atoms. The fraction of sp³-hybridized carbons (Fsp3) is 0.500. The molecule has 32 heavy (non-hydrogen) atoms. The van der Waals surface area contributed by atoms with Crippen molar-refractivity contribution in [2.45, 2.75) is 55.5 Å². The molecule has 14 heteroatoms. The van der Waals surface area contributed by atoms with Crippen molar-refractivity contribution >= 4 is 45.6 Å². The number of nitriles is 1. The van der Waals surface area contributed by atoms with Crippen molar-refractivity contribution in [2.24, 2.45) is 5.11 Å². The molecule has 0 spiro atoms. The minimum Gasteiger partial charge on any atom is -0.463 e. The number of aromatic nitrogens is 1. The smallest absolute Gasteiger partial charge is 0.303 e. The number of esters is 3. The van der Waals surface area contributed by atoms with Crippen LogP contribution in [0.4, 0.5) is 0 Å². The van der Waals surface area contributed by atoms with Gasteiger partial charge in [-0.1, -0.05) is 16.9 Å². The van der Waals surface area contributed by atoms with Crippen LogP contribution in [0.5, 0.6) is 0 Å². The Morgan fingerprint density at radius 3 is 2.50 bits per heavy atom. The number of ether oxygens (including phenoxy) is 4. The normalized spacial score (nSPS) is 24.4. The average Bonchev–Trinajstić information content (AvgIpc) is 2.70. The molecule has 5 atom stereocenters. The summed E-state index contributed by atoms with van der Waals surface area (Å²) in [5.74, 6) is -2.01. The summed E-state index contributed by atoms with van der Waals surface area (Å²) in [7, 11) is 0. The number of carbonyl (C=O) groups is 3. The molecule has 1 aromatic rings. The highest BCUT2D eigenvalue weighted by atomic mass is 79.9. The second-order valence-electron chi connectivity index (χ2n) is 6.42. The molecule has 0 aromatic carbocycles. The summed E-state index contributed by atoms with van der Waals surface area (Å²) in [6, 6.07) is 2.37. The Morgan fingerprint density at radius 1 is 1.28 bits per heavy atom. The zero-order valence-electron chi connectivity index (χ0n) is 17.1. The van der Waals surface area contributed by atoms with Crippen LogP contribution in [-0.2, 0) is 33.3 Å². The molecule has 0 aliphatic carbocycles. The minimum absolute atomic E-state index is 0.0855. The van der Waals surface area contributed by atoms with Gasteiger partial charge in [0.15, 0.2) is 5.69 Å². The van der Waals surface area contributed by atoms with E-state index in [4.69, 9.17) is 24.5 Å². The van der Waals surface area contributed by atoms with Gasteiger partial charge < -0.3 is 18.9 Å². The zero-order chi connectivity index (χ0) is 23.8. The highest BCUT2D eigenvalue weighted by Crippen LogP contribution is 2.39. The quantitative estimate of drug-likeness (QED) is 0.168. The lowest BCUT2D eigenvalue weighted by Crippen LogP contribution is -2.59. The van der Waals surface area contributed by atoms with E-state index in [2.05, 4.69) is 30.9 Å². The summed E-state index contributed by atoms with van der Waals surface area (Å²) in [4.78, 5) is 42.0. The highest BCUT2D eigenvalue weighted by Gasteiger charge is 2.50. The van der Waals surface area contributed by atoms with Gasteiger partial charge in [-0.05, 0) is 27.5 Å². The topological polar surface area (TPSA) is 174 Å². The van der Waals surface area contributed by atoms with Crippen LogP contribution in [0.1, 0.15) is 26.5 Å². The van der Waals surface area contributed by atoms with Crippen molar-refractivity contribution < 1.29 is 33.3 Å². The van der Waals surface area contributed by atoms with Gasteiger partial charge in [0.2, 0.25) is 0 Å². The molecule has 1 aliphatic rings. The number of carbonyl (C=O) groups excluding carboxylic acids is 3. The van der Waals surface area contributed by atoms with Crippen LogP contribution < -0.4 is 0 Å². The standard InChI is InChI=1S/C18H18BrN5O7S/c1-8(25)28-7-13-16(29-9(2)26)15(23-24-21)17(30-10(3)27)18(31-13)32-14-4-11(19)6-22-12(14)5-20/h4,6,13,15-18H,7H2,1-3H3/t13?,15?,16-,17?,18+/m0/s1. The van der Waals surface area contributed by atoms with E-state index >= 15 is 0 Å². The van der Waals surface area contributed by atoms with E-state index in [0.29, 0.717) is 9.37 Å². The van der Waals surface area contributed by atoms with Crippen LogP contribution in [0, 0.1) is 11.3 Å². The summed E-state index contributed by atoms with van der Waals surface area (Å²) in [6.45, 7) is 3.16. The van der Waals surface area contributed by atoms with E-state index < -0.39 is 47.7 Å². The maximum atomic E-state index is 11.8. The second kappa shape index (κ2) is 11.7. The van der Waals surface area contributed by atoms with Crippen molar-refractivity contribution in [1.29, 1.82) is 5.26 Å². The molecule has 1 aliphatic heterocycles. The van der Waals surface area contributed by atoms with Gasteiger partial charge in [-0.2, -0.15) is 5.26 Å². The molecule has 1 aromatic heterocycles. The molecule has 170 valence electrons. The predicted octanol–water partition coefficient (Wildman–Crippen LogP) is 2.64. The Hall–Kier alpha value is -2.85. The monoisotopic (exact) mass is 527 g/mol. The third kappa shape index (κ3) is 6.83. The fourth-order valence-electron chi connectivity index (χ4n) is 2.89. The number of nitrogens with zero attached hydrogens (tertiary/aromatic N) is 5. The minimum atomic E-state index is -1.21. The molecular weight excluding hydrogens is 510 g/mol. The second-order valence-corrected chi connectivity index (χ2v) is 8.47. The lowest BCUT2D eigenvalue weighted by atomic mass is 9.97. The third-order valence-corrected chi connectivity index (χ3v) is 5.64. The van der Waals surface area contributed by atoms with E-state index in [0.717, 1.165) is 25.6 Å². The van der Waals surface area contributed by atoms with Crippen molar-refractivity contribution in [3.63, 3.8) is 0 Å². The van der Waals surface area contributed by atoms with Gasteiger partial charge in [-0.15, -0.1) is 0 Å². The third-order valence-electron chi connectivity index (χ3n) is 4.03. The van der Waals surface area contributed by atoms with E-state index in [-0.39, 0.29) is 12.3 Å². The van der Waals surface area contributed by atoms with Crippen LogP contribution in [0.25, 0.3) is 10.4 Å². The SMILES string of the molecule is CC(=O)OCC1O[C@H](Sc2cc(Br)cnc2C#N)C(OC(C)=O)C(N=[N+]=[N-])[C@H]1OC(C)=O. The van der Waals surface area contributed by atoms with Gasteiger partial charge >= 0.3 is 17.9 Å². The molecule has 2 rings (SSSR count). The van der Waals surface area contributed by atoms with Gasteiger partial charge in [0, 0.05) is 41.2 Å². The number of thioether (sulfide) groups is 1. The van der Waals surface area contributed by atoms with Crippen LogP contribution in [0.2, 0.25) is 0 Å². The first kappa shape index (κ1) is 25.4. The highest BCUT2D eigenvalue weighted by molar-refractivity contribution is 9.10. The molecule has 0 saturated carbocycles. The van der Waals surface area contributed by atoms with Crippen LogP contribution in [-0.4, -0.2) is 59.3 Å². The summed E-state index contributed by atoms with van der Waals surface area (Å²) in [5.41, 5.74) is 8.17. The van der Waals surface area contributed by atoms with Crippen molar-refractivity contribution in [2.75, 3.05) is 6.61 Å². The first-order chi connectivity index (χ1) is 15.2. The Bertz CT molecular complexity index is 981. The number of hydrogen-bond acceptors (Lipinski definition) is 11. The zero-order valence-corrected chi connectivity index (χ0v) is 19.5. The summed E-state index contributed by atoms with van der Waals surface area (Å²) < 4.78 is 22.2. The molecule has 0 amide bonds. The van der Waals surface area contributed by atoms with E-state index in [9.17, 15) is 19.6 Å². The lowest BCUT2D eigenvalue weighted by molar-refractivity contribution is -0.201. The van der Waals surface area contributed by atoms with Crippen LogP contribution in [0.15, 0.2) is 26.7 Å². The van der Waals surface area contributed by atoms with Crippen LogP contribution in [0.3, 0.4) is 0 Å². The fourth-order valence-corrected chi connectivity index (χ4v) is 4.58. The molecule has 2 heterocycles. The van der Waals surface area contributed by atoms with Crippen molar-refractivity contribution in [3.05, 3.63) is 32.9 Å². The number of azide groups is 1. The lowest BCUT2D eigenvalue weighted by Gasteiger charge is -2.43. The number of rotatable bonds is 7. The van der Waals surface area contributed by atoms with Gasteiger partial charge in [0.05, 0.1) is 0 Å². The van der Waals surface area contributed by atoms with Gasteiger partial charge in [0.1, 0.15) is 42.5 Å². The average molecular weight is 528 g/mol. The number of pyridine rings is 1. The van der Waals surface area contributed by atoms with E-state index in [1.54, 1.807) is 6.07 Å². The van der Waals surface area contributed by atoms with Crippen molar-refractivity contribution in [1.82, 2.24) is 4.98 Å². The Labute approximate surface area is 195 Å². The Kier molecular flexibility index (Phi) is 9.27. The summed E-state index contributed by atoms with van der Waals surface area (Å²) >= 11 is 4.27. The molecule has 3 unspecified atom stereocenters. The maximum absolute atomic E-state index is 11.8. The van der Waals surface area contributed by atoms with E-state index in [1.807, 2.05) is 6.07 Å². The summed E-state index contributed by atoms with van der Waals surface area (Å²) in [6.07, 6.45) is -2.01. The summed E-state index contributed by atoms with van der Waals surface area (Å²) in [5, 5.41) is 13.1.